The van der Waals surface area contributed by atoms with Crippen LogP contribution in [0.15, 0.2) is 54.1 Å². The molecule has 0 amide bonds. The zero-order valence-electron chi connectivity index (χ0n) is 18.3. The van der Waals surface area contributed by atoms with Gasteiger partial charge in [-0.05, 0) is 90.2 Å². The highest BCUT2D eigenvalue weighted by Crippen LogP contribution is 2.46. The van der Waals surface area contributed by atoms with Gasteiger partial charge in [0.25, 0.3) is 0 Å². The Kier molecular flexibility index (Phi) is 7.61. The van der Waals surface area contributed by atoms with E-state index in [1.807, 2.05) is 42.5 Å². The van der Waals surface area contributed by atoms with Gasteiger partial charge in [-0.2, -0.15) is 0 Å². The largest absolute Gasteiger partial charge is 0.508 e. The maximum absolute atomic E-state index is 13.3. The van der Waals surface area contributed by atoms with E-state index in [0.717, 1.165) is 16.7 Å². The van der Waals surface area contributed by atoms with Gasteiger partial charge in [0.2, 0.25) is 0 Å². The van der Waals surface area contributed by atoms with E-state index >= 15 is 0 Å². The Balaban J connectivity index is 1.83. The lowest BCUT2D eigenvalue weighted by Gasteiger charge is -2.30. The number of hydrogen-bond donors (Lipinski definition) is 2. The first kappa shape index (κ1) is 24.3. The number of carbonyl (C=O) groups is 2. The zero-order chi connectivity index (χ0) is 23.5. The molecule has 6 nitrogen and oxygen atoms in total. The van der Waals surface area contributed by atoms with E-state index in [4.69, 9.17) is 9.47 Å². The summed E-state index contributed by atoms with van der Waals surface area (Å²) in [5.74, 6) is -1.37. The normalized spacial score (nSPS) is 22.6. The van der Waals surface area contributed by atoms with E-state index in [0.29, 0.717) is 12.0 Å². The fourth-order valence-corrected chi connectivity index (χ4v) is 4.66. The minimum absolute atomic E-state index is 0.00551. The molecule has 2 N–H and O–H groups in total. The van der Waals surface area contributed by atoms with Crippen LogP contribution < -0.4 is 0 Å². The van der Waals surface area contributed by atoms with Crippen molar-refractivity contribution >= 4 is 34.3 Å². The summed E-state index contributed by atoms with van der Waals surface area (Å²) in [6, 6.07) is 11.3. The molecule has 1 heterocycles. The van der Waals surface area contributed by atoms with E-state index in [-0.39, 0.29) is 30.3 Å². The van der Waals surface area contributed by atoms with Crippen molar-refractivity contribution in [2.45, 2.75) is 55.8 Å². The Morgan fingerprint density at radius 1 is 1.19 bits per heavy atom. The number of phenolic OH excluding ortho intramolecular Hbond substituents is 2. The molecule has 32 heavy (non-hydrogen) atoms. The number of rotatable bonds is 7. The summed E-state index contributed by atoms with van der Waals surface area (Å²) >= 11 is 1.89. The van der Waals surface area contributed by atoms with Gasteiger partial charge in [-0.1, -0.05) is 36.8 Å². The number of allylic oxidation sites excluding steroid dienone is 2. The summed E-state index contributed by atoms with van der Waals surface area (Å²) < 4.78 is 10.8. The van der Waals surface area contributed by atoms with Crippen molar-refractivity contribution in [3.05, 3.63) is 70.8 Å². The van der Waals surface area contributed by atoms with Crippen molar-refractivity contribution in [1.29, 1.82) is 0 Å². The third-order valence-electron chi connectivity index (χ3n) is 5.63. The highest BCUT2D eigenvalue weighted by atomic mass is 127. The first-order valence-electron chi connectivity index (χ1n) is 10.4. The Bertz CT molecular complexity index is 1030. The van der Waals surface area contributed by atoms with E-state index in [9.17, 15) is 19.8 Å². The summed E-state index contributed by atoms with van der Waals surface area (Å²) in [6.45, 7) is 5.75. The van der Waals surface area contributed by atoms with Gasteiger partial charge >= 0.3 is 5.97 Å². The number of benzene rings is 2. The monoisotopic (exact) mass is 550 g/mol. The Labute approximate surface area is 201 Å². The van der Waals surface area contributed by atoms with Gasteiger partial charge in [-0.15, -0.1) is 0 Å². The summed E-state index contributed by atoms with van der Waals surface area (Å²) in [5.41, 5.74) is 1.77. The number of alkyl halides is 1. The standard InChI is InChI=1S/C25H27IO6/c1-4-25(21(22(29)23(26)32-25)17-8-10-19(27)11-9-17)24(30)31-14-16-6-12-20(28)18(13-16)7-5-15(2)3/h5-6,8-13,21,23,27-28H,4,7,14H2,1-3H3. The fraction of sp³-hybridized carbons (Fsp3) is 0.360. The van der Waals surface area contributed by atoms with E-state index in [1.54, 1.807) is 37.3 Å². The second-order valence-electron chi connectivity index (χ2n) is 8.13. The topological polar surface area (TPSA) is 93.1 Å². The van der Waals surface area contributed by atoms with E-state index in [1.165, 1.54) is 12.1 Å². The Morgan fingerprint density at radius 2 is 1.88 bits per heavy atom. The number of phenols is 2. The molecule has 0 radical (unpaired) electrons. The minimum atomic E-state index is -1.44. The van der Waals surface area contributed by atoms with Crippen molar-refractivity contribution in [3.63, 3.8) is 0 Å². The van der Waals surface area contributed by atoms with Crippen LogP contribution in [-0.2, 0) is 32.1 Å². The molecular weight excluding hydrogens is 523 g/mol. The molecule has 3 rings (SSSR count). The average molecular weight is 550 g/mol. The lowest BCUT2D eigenvalue weighted by atomic mass is 9.79. The van der Waals surface area contributed by atoms with Crippen LogP contribution in [0.2, 0.25) is 0 Å². The number of Topliss-reactive ketones (excluding diaryl/α,β-unsaturated/α-hetero) is 1. The molecule has 0 saturated carbocycles. The molecule has 3 unspecified atom stereocenters. The van der Waals surface area contributed by atoms with Crippen LogP contribution in [0, 0.1) is 0 Å². The lowest BCUT2D eigenvalue weighted by Crippen LogP contribution is -2.44. The molecule has 0 aliphatic carbocycles. The highest BCUT2D eigenvalue weighted by molar-refractivity contribution is 14.1. The third-order valence-corrected chi connectivity index (χ3v) is 6.50. The van der Waals surface area contributed by atoms with Gasteiger partial charge in [-0.3, -0.25) is 4.79 Å². The maximum atomic E-state index is 13.3. The fourth-order valence-electron chi connectivity index (χ4n) is 3.85. The Morgan fingerprint density at radius 3 is 2.50 bits per heavy atom. The van der Waals surface area contributed by atoms with Crippen LogP contribution >= 0.6 is 22.6 Å². The zero-order valence-corrected chi connectivity index (χ0v) is 20.5. The number of aromatic hydroxyl groups is 2. The highest BCUT2D eigenvalue weighted by Gasteiger charge is 2.59. The molecule has 3 atom stereocenters. The predicted molar refractivity (Wildman–Crippen MR) is 129 cm³/mol. The van der Waals surface area contributed by atoms with Gasteiger partial charge < -0.3 is 19.7 Å². The second-order valence-corrected chi connectivity index (χ2v) is 9.26. The predicted octanol–water partition coefficient (Wildman–Crippen LogP) is 4.94. The first-order chi connectivity index (χ1) is 15.2. The molecule has 170 valence electrons. The van der Waals surface area contributed by atoms with Crippen molar-refractivity contribution in [3.8, 4) is 11.5 Å². The summed E-state index contributed by atoms with van der Waals surface area (Å²) in [5, 5.41) is 19.7. The molecule has 1 fully saturated rings. The van der Waals surface area contributed by atoms with Crippen molar-refractivity contribution in [2.75, 3.05) is 0 Å². The number of esters is 1. The maximum Gasteiger partial charge on any atom is 0.339 e. The van der Waals surface area contributed by atoms with Gasteiger partial charge in [0.15, 0.2) is 15.5 Å². The molecule has 2 aromatic carbocycles. The summed E-state index contributed by atoms with van der Waals surface area (Å²) in [6.07, 6.45) is 2.84. The van der Waals surface area contributed by atoms with Gasteiger partial charge in [0, 0.05) is 0 Å². The van der Waals surface area contributed by atoms with Crippen LogP contribution in [0.25, 0.3) is 0 Å². The van der Waals surface area contributed by atoms with E-state index < -0.39 is 21.6 Å². The molecule has 7 heteroatoms. The molecular formula is C25H27IO6. The van der Waals surface area contributed by atoms with Gasteiger partial charge in [0.05, 0.1) is 5.92 Å². The molecule has 0 bridgehead atoms. The number of ketones is 1. The second kappa shape index (κ2) is 10.0. The van der Waals surface area contributed by atoms with Crippen LogP contribution in [0.5, 0.6) is 11.5 Å². The minimum Gasteiger partial charge on any atom is -0.508 e. The third kappa shape index (κ3) is 4.99. The number of halogens is 1. The van der Waals surface area contributed by atoms with Crippen molar-refractivity contribution in [2.24, 2.45) is 0 Å². The SMILES string of the molecule is CCC1(C(=O)OCc2ccc(O)c(CC=C(C)C)c2)OC(I)C(=O)C1c1ccc(O)cc1. The van der Waals surface area contributed by atoms with Crippen LogP contribution in [0.4, 0.5) is 0 Å². The lowest BCUT2D eigenvalue weighted by molar-refractivity contribution is -0.171. The molecule has 0 spiro atoms. The van der Waals surface area contributed by atoms with Crippen molar-refractivity contribution in [1.82, 2.24) is 0 Å². The van der Waals surface area contributed by atoms with Crippen LogP contribution in [-0.4, -0.2) is 31.7 Å². The molecule has 1 saturated heterocycles. The number of hydrogen-bond acceptors (Lipinski definition) is 6. The molecule has 1 aliphatic heterocycles. The van der Waals surface area contributed by atoms with Crippen molar-refractivity contribution < 1.29 is 29.3 Å². The Hall–Kier alpha value is -2.39. The average Bonchev–Trinajstić information content (AvgIpc) is 3.03. The first-order valence-corrected chi connectivity index (χ1v) is 11.7. The van der Waals surface area contributed by atoms with Gasteiger partial charge in [0.1, 0.15) is 18.1 Å². The van der Waals surface area contributed by atoms with Gasteiger partial charge in [-0.25, -0.2) is 4.79 Å². The molecule has 0 aromatic heterocycles. The van der Waals surface area contributed by atoms with Crippen LogP contribution in [0.3, 0.4) is 0 Å². The number of carbonyl (C=O) groups excluding carboxylic acids is 2. The molecule has 2 aromatic rings. The quantitative estimate of drug-likeness (QED) is 0.220. The smallest absolute Gasteiger partial charge is 0.339 e. The van der Waals surface area contributed by atoms with E-state index in [2.05, 4.69) is 0 Å². The number of ether oxygens (including phenoxy) is 2. The summed E-state index contributed by atoms with van der Waals surface area (Å²) in [7, 11) is 0. The molecule has 1 aliphatic rings. The summed E-state index contributed by atoms with van der Waals surface area (Å²) in [4.78, 5) is 26.2. The van der Waals surface area contributed by atoms with Crippen LogP contribution in [0.1, 0.15) is 49.8 Å².